The lowest BCUT2D eigenvalue weighted by atomic mass is 10.1. The van der Waals surface area contributed by atoms with E-state index < -0.39 is 21.0 Å². The van der Waals surface area contributed by atoms with Crippen molar-refractivity contribution in [3.05, 3.63) is 83.7 Å². The van der Waals surface area contributed by atoms with Gasteiger partial charge in [0.2, 0.25) is 0 Å². The molecule has 1 heterocycles. The minimum absolute atomic E-state index is 0.125. The van der Waals surface area contributed by atoms with Gasteiger partial charge in [-0.2, -0.15) is 0 Å². The van der Waals surface area contributed by atoms with Crippen LogP contribution in [0.4, 0.5) is 0 Å². The number of rotatable bonds is 8. The number of pyridine rings is 1. The number of nitrogens with one attached hydrogen (secondary N) is 1. The van der Waals surface area contributed by atoms with Crippen LogP contribution in [0.5, 0.6) is 11.5 Å². The van der Waals surface area contributed by atoms with Crippen LogP contribution in [-0.4, -0.2) is 40.1 Å². The minimum Gasteiger partial charge on any atom is -0.497 e. The standard InChI is InChI=1S/C23H24N2O5S/c1-16-6-8-21(9-7-16)31(27,28)22(17-5-4-10-24-14-17)15-25-23(26)18-11-19(29-2)13-20(12-18)30-3/h4-14,22H,15H2,1-3H3,(H,25,26). The highest BCUT2D eigenvalue weighted by Crippen LogP contribution is 2.29. The molecular formula is C23H24N2O5S. The Hall–Kier alpha value is -3.39. The molecule has 2 aromatic carbocycles. The highest BCUT2D eigenvalue weighted by molar-refractivity contribution is 7.91. The molecule has 0 aliphatic carbocycles. The van der Waals surface area contributed by atoms with Gasteiger partial charge in [-0.05, 0) is 42.8 Å². The summed E-state index contributed by atoms with van der Waals surface area (Å²) in [6.45, 7) is 1.76. The van der Waals surface area contributed by atoms with E-state index in [1.165, 1.54) is 20.4 Å². The van der Waals surface area contributed by atoms with E-state index in [9.17, 15) is 13.2 Å². The Labute approximate surface area is 182 Å². The number of methoxy groups -OCH3 is 2. The van der Waals surface area contributed by atoms with Gasteiger partial charge in [0.25, 0.3) is 5.91 Å². The molecule has 3 rings (SSSR count). The van der Waals surface area contributed by atoms with Gasteiger partial charge < -0.3 is 14.8 Å². The van der Waals surface area contributed by atoms with Crippen molar-refractivity contribution in [2.45, 2.75) is 17.1 Å². The number of hydrogen-bond acceptors (Lipinski definition) is 6. The van der Waals surface area contributed by atoms with Crippen LogP contribution < -0.4 is 14.8 Å². The lowest BCUT2D eigenvalue weighted by Gasteiger charge is -2.19. The summed E-state index contributed by atoms with van der Waals surface area (Å²) in [5.41, 5.74) is 1.75. The largest absolute Gasteiger partial charge is 0.497 e. The number of aromatic nitrogens is 1. The average Bonchev–Trinajstić information content (AvgIpc) is 2.79. The van der Waals surface area contributed by atoms with Crippen molar-refractivity contribution in [1.82, 2.24) is 10.3 Å². The van der Waals surface area contributed by atoms with Crippen LogP contribution in [0, 0.1) is 6.92 Å². The molecule has 1 amide bonds. The molecule has 0 saturated carbocycles. The third kappa shape index (κ3) is 5.21. The first-order valence-corrected chi connectivity index (χ1v) is 11.1. The summed E-state index contributed by atoms with van der Waals surface area (Å²) in [6, 6.07) is 14.8. The van der Waals surface area contributed by atoms with E-state index in [1.54, 1.807) is 60.8 Å². The van der Waals surface area contributed by atoms with Crippen molar-refractivity contribution in [2.24, 2.45) is 0 Å². The molecule has 0 bridgehead atoms. The highest BCUT2D eigenvalue weighted by atomic mass is 32.2. The molecule has 1 N–H and O–H groups in total. The lowest BCUT2D eigenvalue weighted by Crippen LogP contribution is -2.32. The van der Waals surface area contributed by atoms with E-state index in [1.807, 2.05) is 6.92 Å². The number of carbonyl (C=O) groups excluding carboxylic acids is 1. The first-order valence-electron chi connectivity index (χ1n) is 9.57. The summed E-state index contributed by atoms with van der Waals surface area (Å²) >= 11 is 0. The zero-order valence-electron chi connectivity index (χ0n) is 17.5. The Balaban J connectivity index is 1.90. The predicted octanol–water partition coefficient (Wildman–Crippen LogP) is 3.35. The third-order valence-corrected chi connectivity index (χ3v) is 6.96. The number of carbonyl (C=O) groups is 1. The highest BCUT2D eigenvalue weighted by Gasteiger charge is 2.30. The number of hydrogen-bond donors (Lipinski definition) is 1. The van der Waals surface area contributed by atoms with Crippen LogP contribution in [0.25, 0.3) is 0 Å². The second kappa shape index (κ2) is 9.61. The van der Waals surface area contributed by atoms with Crippen molar-refractivity contribution >= 4 is 15.7 Å². The van der Waals surface area contributed by atoms with Gasteiger partial charge in [0, 0.05) is 30.6 Å². The van der Waals surface area contributed by atoms with Crippen LogP contribution in [0.2, 0.25) is 0 Å². The molecule has 7 nitrogen and oxygen atoms in total. The molecule has 0 spiro atoms. The molecule has 8 heteroatoms. The van der Waals surface area contributed by atoms with Gasteiger partial charge in [0.05, 0.1) is 19.1 Å². The summed E-state index contributed by atoms with van der Waals surface area (Å²) in [6.07, 6.45) is 3.07. The number of aryl methyl sites for hydroxylation is 1. The van der Waals surface area contributed by atoms with E-state index in [2.05, 4.69) is 10.3 Å². The second-order valence-electron chi connectivity index (χ2n) is 6.94. The van der Waals surface area contributed by atoms with E-state index in [0.717, 1.165) is 5.56 Å². The topological polar surface area (TPSA) is 94.6 Å². The summed E-state index contributed by atoms with van der Waals surface area (Å²) in [5, 5.41) is 1.73. The molecule has 0 aliphatic rings. The summed E-state index contributed by atoms with van der Waals surface area (Å²) in [4.78, 5) is 17.0. The van der Waals surface area contributed by atoms with Crippen molar-refractivity contribution in [1.29, 1.82) is 0 Å². The number of benzene rings is 2. The molecular weight excluding hydrogens is 416 g/mol. The molecule has 0 radical (unpaired) electrons. The van der Waals surface area contributed by atoms with Gasteiger partial charge >= 0.3 is 0 Å². The van der Waals surface area contributed by atoms with E-state index in [4.69, 9.17) is 9.47 Å². The fourth-order valence-electron chi connectivity index (χ4n) is 3.09. The number of ether oxygens (including phenoxy) is 2. The average molecular weight is 441 g/mol. The van der Waals surface area contributed by atoms with Gasteiger partial charge in [-0.3, -0.25) is 9.78 Å². The first kappa shape index (κ1) is 22.3. The number of nitrogens with zero attached hydrogens (tertiary/aromatic N) is 1. The maximum Gasteiger partial charge on any atom is 0.251 e. The quantitative estimate of drug-likeness (QED) is 0.577. The fourth-order valence-corrected chi connectivity index (χ4v) is 4.74. The molecule has 1 atom stereocenters. The second-order valence-corrected chi connectivity index (χ2v) is 9.07. The maximum absolute atomic E-state index is 13.4. The molecule has 1 unspecified atom stereocenters. The van der Waals surface area contributed by atoms with E-state index in [0.29, 0.717) is 22.6 Å². The van der Waals surface area contributed by atoms with Crippen molar-refractivity contribution < 1.29 is 22.7 Å². The van der Waals surface area contributed by atoms with Crippen LogP contribution in [0.1, 0.15) is 26.7 Å². The molecule has 3 aromatic rings. The van der Waals surface area contributed by atoms with Crippen LogP contribution >= 0.6 is 0 Å². The van der Waals surface area contributed by atoms with Crippen LogP contribution in [-0.2, 0) is 9.84 Å². The molecule has 31 heavy (non-hydrogen) atoms. The molecule has 162 valence electrons. The summed E-state index contributed by atoms with van der Waals surface area (Å²) < 4.78 is 37.1. The summed E-state index contributed by atoms with van der Waals surface area (Å²) in [7, 11) is -0.800. The van der Waals surface area contributed by atoms with Crippen molar-refractivity contribution in [3.8, 4) is 11.5 Å². The third-order valence-electron chi connectivity index (χ3n) is 4.84. The van der Waals surface area contributed by atoms with Gasteiger partial charge in [-0.25, -0.2) is 8.42 Å². The number of sulfone groups is 1. The Morgan fingerprint density at radius 2 is 1.68 bits per heavy atom. The Morgan fingerprint density at radius 3 is 2.23 bits per heavy atom. The number of amides is 1. The van der Waals surface area contributed by atoms with Crippen molar-refractivity contribution in [2.75, 3.05) is 20.8 Å². The Morgan fingerprint density at radius 1 is 1.03 bits per heavy atom. The van der Waals surface area contributed by atoms with E-state index in [-0.39, 0.29) is 11.4 Å². The lowest BCUT2D eigenvalue weighted by molar-refractivity contribution is 0.0953. The maximum atomic E-state index is 13.4. The van der Waals surface area contributed by atoms with Gasteiger partial charge in [0.15, 0.2) is 9.84 Å². The molecule has 0 fully saturated rings. The van der Waals surface area contributed by atoms with E-state index >= 15 is 0 Å². The summed E-state index contributed by atoms with van der Waals surface area (Å²) in [5.74, 6) is 0.478. The minimum atomic E-state index is -3.78. The zero-order valence-corrected chi connectivity index (χ0v) is 18.3. The SMILES string of the molecule is COc1cc(OC)cc(C(=O)NCC(c2cccnc2)S(=O)(=O)c2ccc(C)cc2)c1. The molecule has 0 saturated heterocycles. The van der Waals surface area contributed by atoms with Crippen molar-refractivity contribution in [3.63, 3.8) is 0 Å². The van der Waals surface area contributed by atoms with Gasteiger partial charge in [-0.15, -0.1) is 0 Å². The monoisotopic (exact) mass is 440 g/mol. The Bertz CT molecular complexity index is 1120. The fraction of sp³-hybridized carbons (Fsp3) is 0.217. The normalized spacial score (nSPS) is 12.1. The molecule has 1 aromatic heterocycles. The first-order chi connectivity index (χ1) is 14.8. The van der Waals surface area contributed by atoms with Crippen LogP contribution in [0.3, 0.4) is 0 Å². The predicted molar refractivity (Wildman–Crippen MR) is 117 cm³/mol. The van der Waals surface area contributed by atoms with Gasteiger partial charge in [-0.1, -0.05) is 23.8 Å². The van der Waals surface area contributed by atoms with Crippen LogP contribution in [0.15, 0.2) is 71.9 Å². The Kier molecular flexibility index (Phi) is 6.91. The smallest absolute Gasteiger partial charge is 0.251 e. The van der Waals surface area contributed by atoms with Gasteiger partial charge in [0.1, 0.15) is 16.7 Å². The molecule has 0 aliphatic heterocycles. The zero-order chi connectivity index (χ0) is 22.4.